The number of piperidine rings is 1. The van der Waals surface area contributed by atoms with Crippen LogP contribution in [0.25, 0.3) is 0 Å². The number of hydrogen-bond donors (Lipinski definition) is 2. The largest absolute Gasteiger partial charge is 0.352 e. The molecule has 1 aliphatic carbocycles. The zero-order valence-corrected chi connectivity index (χ0v) is 12.3. The van der Waals surface area contributed by atoms with Crippen LogP contribution in [0.5, 0.6) is 0 Å². The van der Waals surface area contributed by atoms with E-state index in [1.807, 2.05) is 0 Å². The minimum atomic E-state index is 0.305. The SMILES string of the molecule is O=C(CC1CC2CCC(C1)N2)NC1CCN(C2CC2)C1. The summed E-state index contributed by atoms with van der Waals surface area (Å²) >= 11 is 0. The highest BCUT2D eigenvalue weighted by atomic mass is 16.1. The average molecular weight is 277 g/mol. The zero-order chi connectivity index (χ0) is 13.5. The van der Waals surface area contributed by atoms with E-state index in [0.717, 1.165) is 25.4 Å². The molecule has 3 saturated heterocycles. The number of nitrogens with zero attached hydrogens (tertiary/aromatic N) is 1. The number of nitrogens with one attached hydrogen (secondary N) is 2. The van der Waals surface area contributed by atoms with E-state index in [1.54, 1.807) is 0 Å². The lowest BCUT2D eigenvalue weighted by atomic mass is 9.89. The van der Waals surface area contributed by atoms with Crippen molar-refractivity contribution in [1.29, 1.82) is 0 Å². The van der Waals surface area contributed by atoms with Gasteiger partial charge in [-0.05, 0) is 50.9 Å². The number of carbonyl (C=O) groups is 1. The van der Waals surface area contributed by atoms with Gasteiger partial charge in [-0.15, -0.1) is 0 Å². The summed E-state index contributed by atoms with van der Waals surface area (Å²) in [5.74, 6) is 0.925. The molecule has 2 N–H and O–H groups in total. The third kappa shape index (κ3) is 2.86. The summed E-state index contributed by atoms with van der Waals surface area (Å²) in [7, 11) is 0. The molecule has 0 radical (unpaired) electrons. The summed E-state index contributed by atoms with van der Waals surface area (Å²) in [6.45, 7) is 2.28. The van der Waals surface area contributed by atoms with Gasteiger partial charge in [0.2, 0.25) is 5.91 Å². The van der Waals surface area contributed by atoms with Crippen LogP contribution in [-0.2, 0) is 4.79 Å². The summed E-state index contributed by atoms with van der Waals surface area (Å²) in [5.41, 5.74) is 0. The van der Waals surface area contributed by atoms with Crippen molar-refractivity contribution >= 4 is 5.91 Å². The third-order valence-electron chi connectivity index (χ3n) is 5.69. The number of hydrogen-bond acceptors (Lipinski definition) is 3. The fraction of sp³-hybridized carbons (Fsp3) is 0.938. The van der Waals surface area contributed by atoms with Gasteiger partial charge < -0.3 is 10.6 Å². The molecule has 20 heavy (non-hydrogen) atoms. The Labute approximate surface area is 121 Å². The second kappa shape index (κ2) is 5.30. The summed E-state index contributed by atoms with van der Waals surface area (Å²) in [6, 6.07) is 2.66. The molecular weight excluding hydrogens is 250 g/mol. The number of amides is 1. The van der Waals surface area contributed by atoms with Gasteiger partial charge in [0.1, 0.15) is 0 Å². The quantitative estimate of drug-likeness (QED) is 0.813. The van der Waals surface area contributed by atoms with Crippen LogP contribution in [0.1, 0.15) is 51.4 Å². The van der Waals surface area contributed by atoms with Crippen LogP contribution in [0.4, 0.5) is 0 Å². The molecule has 0 spiro atoms. The molecule has 1 saturated carbocycles. The van der Waals surface area contributed by atoms with Gasteiger partial charge >= 0.3 is 0 Å². The molecule has 4 nitrogen and oxygen atoms in total. The van der Waals surface area contributed by atoms with Crippen molar-refractivity contribution in [2.75, 3.05) is 13.1 Å². The first-order chi connectivity index (χ1) is 9.76. The number of carbonyl (C=O) groups excluding carboxylic acids is 1. The van der Waals surface area contributed by atoms with E-state index in [2.05, 4.69) is 15.5 Å². The lowest BCUT2D eigenvalue weighted by molar-refractivity contribution is -0.122. The Hall–Kier alpha value is -0.610. The fourth-order valence-electron chi connectivity index (χ4n) is 4.57. The smallest absolute Gasteiger partial charge is 0.220 e. The molecule has 4 heteroatoms. The maximum absolute atomic E-state index is 12.2. The third-order valence-corrected chi connectivity index (χ3v) is 5.69. The predicted octanol–water partition coefficient (Wildman–Crippen LogP) is 1.26. The monoisotopic (exact) mass is 277 g/mol. The summed E-state index contributed by atoms with van der Waals surface area (Å²) < 4.78 is 0. The van der Waals surface area contributed by atoms with Gasteiger partial charge in [-0.25, -0.2) is 0 Å². The second-order valence-corrected chi connectivity index (χ2v) is 7.46. The highest BCUT2D eigenvalue weighted by Gasteiger charge is 2.36. The van der Waals surface area contributed by atoms with Crippen molar-refractivity contribution in [1.82, 2.24) is 15.5 Å². The lowest BCUT2D eigenvalue weighted by Gasteiger charge is -2.29. The summed E-state index contributed by atoms with van der Waals surface area (Å²) in [6.07, 6.45) is 9.72. The van der Waals surface area contributed by atoms with Crippen LogP contribution in [0, 0.1) is 5.92 Å². The summed E-state index contributed by atoms with van der Waals surface area (Å²) in [4.78, 5) is 14.8. The van der Waals surface area contributed by atoms with Crippen LogP contribution < -0.4 is 10.6 Å². The lowest BCUT2D eigenvalue weighted by Crippen LogP contribution is -2.42. The molecular formula is C16H27N3O. The van der Waals surface area contributed by atoms with E-state index >= 15 is 0 Å². The highest BCUT2D eigenvalue weighted by molar-refractivity contribution is 5.76. The molecule has 4 aliphatic rings. The first-order valence-electron chi connectivity index (χ1n) is 8.56. The van der Waals surface area contributed by atoms with Gasteiger partial charge in [0, 0.05) is 43.7 Å². The van der Waals surface area contributed by atoms with E-state index in [0.29, 0.717) is 30.0 Å². The minimum absolute atomic E-state index is 0.305. The molecule has 4 rings (SSSR count). The molecule has 0 aromatic heterocycles. The predicted molar refractivity (Wildman–Crippen MR) is 78.4 cm³/mol. The topological polar surface area (TPSA) is 44.4 Å². The minimum Gasteiger partial charge on any atom is -0.352 e. The molecule has 3 aliphatic heterocycles. The van der Waals surface area contributed by atoms with Gasteiger partial charge in [0.05, 0.1) is 0 Å². The Morgan fingerprint density at radius 1 is 1.10 bits per heavy atom. The molecule has 3 heterocycles. The van der Waals surface area contributed by atoms with E-state index in [1.165, 1.54) is 45.1 Å². The van der Waals surface area contributed by atoms with Gasteiger partial charge in [-0.2, -0.15) is 0 Å². The number of fused-ring (bicyclic) bond motifs is 2. The van der Waals surface area contributed by atoms with Crippen molar-refractivity contribution < 1.29 is 4.79 Å². The molecule has 3 unspecified atom stereocenters. The normalized spacial score (nSPS) is 41.0. The number of rotatable bonds is 4. The molecule has 1 amide bonds. The van der Waals surface area contributed by atoms with E-state index in [-0.39, 0.29) is 0 Å². The Morgan fingerprint density at radius 2 is 1.85 bits per heavy atom. The van der Waals surface area contributed by atoms with Crippen LogP contribution in [0.3, 0.4) is 0 Å². The molecule has 4 fully saturated rings. The molecule has 0 aromatic carbocycles. The Kier molecular flexibility index (Phi) is 3.47. The van der Waals surface area contributed by atoms with Crippen LogP contribution >= 0.6 is 0 Å². The van der Waals surface area contributed by atoms with Crippen molar-refractivity contribution in [3.8, 4) is 0 Å². The van der Waals surface area contributed by atoms with Crippen molar-refractivity contribution in [3.63, 3.8) is 0 Å². The number of likely N-dealkylation sites (tertiary alicyclic amines) is 1. The fourth-order valence-corrected chi connectivity index (χ4v) is 4.57. The van der Waals surface area contributed by atoms with Gasteiger partial charge in [0.15, 0.2) is 0 Å². The van der Waals surface area contributed by atoms with Crippen molar-refractivity contribution in [3.05, 3.63) is 0 Å². The van der Waals surface area contributed by atoms with Crippen LogP contribution in [-0.4, -0.2) is 48.1 Å². The van der Waals surface area contributed by atoms with E-state index < -0.39 is 0 Å². The van der Waals surface area contributed by atoms with E-state index in [9.17, 15) is 4.79 Å². The standard InChI is InChI=1S/C16H27N3O/c20-16(9-11-7-12-1-2-13(8-11)17-12)18-14-5-6-19(10-14)15-3-4-15/h11-15,17H,1-10H2,(H,18,20). The molecule has 0 aromatic rings. The highest BCUT2D eigenvalue weighted by Crippen LogP contribution is 2.33. The Morgan fingerprint density at radius 3 is 2.55 bits per heavy atom. The first kappa shape index (κ1) is 13.1. The molecule has 2 bridgehead atoms. The molecule has 3 atom stereocenters. The maximum atomic E-state index is 12.2. The van der Waals surface area contributed by atoms with E-state index in [4.69, 9.17) is 0 Å². The summed E-state index contributed by atoms with van der Waals surface area (Å²) in [5, 5.41) is 6.94. The van der Waals surface area contributed by atoms with Crippen molar-refractivity contribution in [2.24, 2.45) is 5.92 Å². The van der Waals surface area contributed by atoms with Crippen LogP contribution in [0.2, 0.25) is 0 Å². The van der Waals surface area contributed by atoms with Gasteiger partial charge in [0.25, 0.3) is 0 Å². The second-order valence-electron chi connectivity index (χ2n) is 7.46. The zero-order valence-electron chi connectivity index (χ0n) is 12.3. The maximum Gasteiger partial charge on any atom is 0.220 e. The Bertz CT molecular complexity index is 370. The first-order valence-corrected chi connectivity index (χ1v) is 8.56. The van der Waals surface area contributed by atoms with Crippen LogP contribution in [0.15, 0.2) is 0 Å². The average Bonchev–Trinajstić information content (AvgIpc) is 3.08. The van der Waals surface area contributed by atoms with Gasteiger partial charge in [-0.1, -0.05) is 0 Å². The van der Waals surface area contributed by atoms with Gasteiger partial charge in [-0.3, -0.25) is 9.69 Å². The Balaban J connectivity index is 1.22. The molecule has 112 valence electrons. The van der Waals surface area contributed by atoms with Crippen molar-refractivity contribution in [2.45, 2.75) is 75.5 Å².